The van der Waals surface area contributed by atoms with Gasteiger partial charge in [-0.05, 0) is 24.2 Å². The summed E-state index contributed by atoms with van der Waals surface area (Å²) in [7, 11) is 0. The van der Waals surface area contributed by atoms with Gasteiger partial charge >= 0.3 is 0 Å². The zero-order chi connectivity index (χ0) is 14.0. The molecule has 1 heterocycles. The van der Waals surface area contributed by atoms with Gasteiger partial charge in [0.25, 0.3) is 0 Å². The maximum absolute atomic E-state index is 5.81. The fourth-order valence-electron chi connectivity index (χ4n) is 3.29. The van der Waals surface area contributed by atoms with Crippen molar-refractivity contribution in [1.29, 1.82) is 0 Å². The number of aromatic nitrogens is 3. The quantitative estimate of drug-likeness (QED) is 0.909. The summed E-state index contributed by atoms with van der Waals surface area (Å²) in [6.07, 6.45) is 5.16. The molecule has 1 aliphatic rings. The Morgan fingerprint density at radius 1 is 1.32 bits per heavy atom. The number of hydrogen-bond acceptors (Lipinski definition) is 3. The Balaban J connectivity index is 2.35. The molecular formula is C15H28N4. The molecule has 0 amide bonds. The number of hydrogen-bond donors (Lipinski definition) is 1. The number of nitrogens with two attached hydrogens (primary N) is 1. The van der Waals surface area contributed by atoms with Gasteiger partial charge in [-0.25, -0.2) is 0 Å². The van der Waals surface area contributed by atoms with Crippen LogP contribution in [0.1, 0.15) is 70.9 Å². The Kier molecular flexibility index (Phi) is 4.29. The molecule has 0 spiro atoms. The molecule has 1 aromatic rings. The van der Waals surface area contributed by atoms with Crippen LogP contribution in [0.2, 0.25) is 0 Å². The lowest BCUT2D eigenvalue weighted by molar-refractivity contribution is 0.187. The van der Waals surface area contributed by atoms with Gasteiger partial charge in [-0.15, -0.1) is 10.2 Å². The van der Waals surface area contributed by atoms with Crippen LogP contribution in [0.3, 0.4) is 0 Å². The molecule has 1 atom stereocenters. The van der Waals surface area contributed by atoms with Crippen molar-refractivity contribution in [2.45, 2.75) is 72.4 Å². The third-order valence-electron chi connectivity index (χ3n) is 4.41. The molecule has 1 fully saturated rings. The summed E-state index contributed by atoms with van der Waals surface area (Å²) in [4.78, 5) is 0. The molecule has 1 unspecified atom stereocenters. The second kappa shape index (κ2) is 5.61. The van der Waals surface area contributed by atoms with E-state index in [1.54, 1.807) is 0 Å². The normalized spacial score (nSPS) is 22.9. The van der Waals surface area contributed by atoms with Crippen molar-refractivity contribution in [3.63, 3.8) is 0 Å². The monoisotopic (exact) mass is 264 g/mol. The van der Waals surface area contributed by atoms with Crippen molar-refractivity contribution in [1.82, 2.24) is 14.8 Å². The first-order valence-corrected chi connectivity index (χ1v) is 7.57. The fraction of sp³-hybridized carbons (Fsp3) is 0.867. The summed E-state index contributed by atoms with van der Waals surface area (Å²) >= 11 is 0. The van der Waals surface area contributed by atoms with E-state index >= 15 is 0 Å². The van der Waals surface area contributed by atoms with E-state index in [1.165, 1.54) is 31.5 Å². The standard InChI is InChI=1S/C15H28N4/c1-11(2)10-19-13(9-16)17-18-14(19)12-7-5-6-8-15(12,3)4/h11-12H,5-10,16H2,1-4H3. The highest BCUT2D eigenvalue weighted by Crippen LogP contribution is 2.46. The van der Waals surface area contributed by atoms with Crippen molar-refractivity contribution >= 4 is 0 Å². The second-order valence-corrected chi connectivity index (χ2v) is 6.97. The van der Waals surface area contributed by atoms with Crippen LogP contribution in [0, 0.1) is 11.3 Å². The average Bonchev–Trinajstić information content (AvgIpc) is 2.70. The smallest absolute Gasteiger partial charge is 0.146 e. The Bertz CT molecular complexity index is 420. The summed E-state index contributed by atoms with van der Waals surface area (Å²) in [5, 5.41) is 8.81. The van der Waals surface area contributed by atoms with Gasteiger partial charge in [0.15, 0.2) is 0 Å². The SMILES string of the molecule is CC(C)Cn1c(CN)nnc1C1CCCCC1(C)C. The van der Waals surface area contributed by atoms with Crippen LogP contribution in [-0.2, 0) is 13.1 Å². The summed E-state index contributed by atoms with van der Waals surface area (Å²) in [6.45, 7) is 10.7. The minimum absolute atomic E-state index is 0.325. The summed E-state index contributed by atoms with van der Waals surface area (Å²) in [6, 6.07) is 0. The van der Waals surface area contributed by atoms with Gasteiger partial charge in [0.05, 0.1) is 6.54 Å². The van der Waals surface area contributed by atoms with E-state index in [9.17, 15) is 0 Å². The maximum atomic E-state index is 5.81. The van der Waals surface area contributed by atoms with Gasteiger partial charge in [-0.2, -0.15) is 0 Å². The topological polar surface area (TPSA) is 56.7 Å². The molecule has 2 N–H and O–H groups in total. The molecule has 2 rings (SSSR count). The van der Waals surface area contributed by atoms with Crippen LogP contribution < -0.4 is 5.73 Å². The van der Waals surface area contributed by atoms with Gasteiger partial charge < -0.3 is 10.3 Å². The molecule has 0 aromatic carbocycles. The van der Waals surface area contributed by atoms with Crippen molar-refractivity contribution in [3.05, 3.63) is 11.6 Å². The molecule has 4 nitrogen and oxygen atoms in total. The van der Waals surface area contributed by atoms with Gasteiger partial charge in [0.1, 0.15) is 11.6 Å². The van der Waals surface area contributed by atoms with Crippen LogP contribution in [0.25, 0.3) is 0 Å². The van der Waals surface area contributed by atoms with Crippen LogP contribution in [0.4, 0.5) is 0 Å². The molecular weight excluding hydrogens is 236 g/mol. The van der Waals surface area contributed by atoms with E-state index in [4.69, 9.17) is 5.73 Å². The Morgan fingerprint density at radius 3 is 2.63 bits per heavy atom. The van der Waals surface area contributed by atoms with Gasteiger partial charge in [-0.3, -0.25) is 0 Å². The third kappa shape index (κ3) is 2.99. The van der Waals surface area contributed by atoms with Crippen molar-refractivity contribution in [3.8, 4) is 0 Å². The van der Waals surface area contributed by atoms with Gasteiger partial charge in [0, 0.05) is 12.5 Å². The predicted molar refractivity (Wildman–Crippen MR) is 77.7 cm³/mol. The summed E-state index contributed by atoms with van der Waals surface area (Å²) < 4.78 is 2.28. The molecule has 0 radical (unpaired) electrons. The van der Waals surface area contributed by atoms with Crippen molar-refractivity contribution < 1.29 is 0 Å². The summed E-state index contributed by atoms with van der Waals surface area (Å²) in [5.41, 5.74) is 6.14. The van der Waals surface area contributed by atoms with Gasteiger partial charge in [-0.1, -0.05) is 40.5 Å². The van der Waals surface area contributed by atoms with E-state index in [0.29, 0.717) is 23.8 Å². The Labute approximate surface area is 116 Å². The third-order valence-corrected chi connectivity index (χ3v) is 4.41. The van der Waals surface area contributed by atoms with E-state index in [0.717, 1.165) is 12.4 Å². The Hall–Kier alpha value is -0.900. The molecule has 0 aliphatic heterocycles. The largest absolute Gasteiger partial charge is 0.324 e. The molecule has 1 aromatic heterocycles. The maximum Gasteiger partial charge on any atom is 0.146 e. The molecule has 1 saturated carbocycles. The van der Waals surface area contributed by atoms with E-state index < -0.39 is 0 Å². The molecule has 108 valence electrons. The highest BCUT2D eigenvalue weighted by Gasteiger charge is 2.36. The lowest BCUT2D eigenvalue weighted by Gasteiger charge is -2.38. The highest BCUT2D eigenvalue weighted by atomic mass is 15.3. The summed E-state index contributed by atoms with van der Waals surface area (Å²) in [5.74, 6) is 3.21. The predicted octanol–water partition coefficient (Wildman–Crippen LogP) is 3.08. The zero-order valence-electron chi connectivity index (χ0n) is 12.8. The van der Waals surface area contributed by atoms with Crippen LogP contribution in [0.5, 0.6) is 0 Å². The number of nitrogens with zero attached hydrogens (tertiary/aromatic N) is 3. The van der Waals surface area contributed by atoms with E-state index in [2.05, 4.69) is 42.5 Å². The van der Waals surface area contributed by atoms with E-state index in [1.807, 2.05) is 0 Å². The average molecular weight is 264 g/mol. The molecule has 1 aliphatic carbocycles. The van der Waals surface area contributed by atoms with Gasteiger partial charge in [0.2, 0.25) is 0 Å². The lowest BCUT2D eigenvalue weighted by Crippen LogP contribution is -2.29. The van der Waals surface area contributed by atoms with Crippen LogP contribution >= 0.6 is 0 Å². The van der Waals surface area contributed by atoms with Crippen LogP contribution in [-0.4, -0.2) is 14.8 Å². The molecule has 0 bridgehead atoms. The number of rotatable bonds is 4. The lowest BCUT2D eigenvalue weighted by atomic mass is 9.68. The minimum atomic E-state index is 0.325. The Morgan fingerprint density at radius 2 is 2.05 bits per heavy atom. The second-order valence-electron chi connectivity index (χ2n) is 6.97. The van der Waals surface area contributed by atoms with Crippen molar-refractivity contribution in [2.24, 2.45) is 17.1 Å². The fourth-order valence-corrected chi connectivity index (χ4v) is 3.29. The first-order chi connectivity index (χ1) is 8.95. The molecule has 0 saturated heterocycles. The van der Waals surface area contributed by atoms with Crippen molar-refractivity contribution in [2.75, 3.05) is 0 Å². The van der Waals surface area contributed by atoms with E-state index in [-0.39, 0.29) is 0 Å². The van der Waals surface area contributed by atoms with Crippen LogP contribution in [0.15, 0.2) is 0 Å². The first kappa shape index (κ1) is 14.5. The zero-order valence-corrected chi connectivity index (χ0v) is 12.8. The molecule has 4 heteroatoms. The molecule has 19 heavy (non-hydrogen) atoms. The minimum Gasteiger partial charge on any atom is -0.324 e. The highest BCUT2D eigenvalue weighted by molar-refractivity contribution is 5.08. The first-order valence-electron chi connectivity index (χ1n) is 7.57.